The van der Waals surface area contributed by atoms with Gasteiger partial charge in [0.15, 0.2) is 0 Å². The number of aliphatic hydroxyl groups excluding tert-OH is 1. The number of benzene rings is 1. The second-order valence-corrected chi connectivity index (χ2v) is 6.13. The van der Waals surface area contributed by atoms with E-state index in [9.17, 15) is 9.90 Å². The molecule has 1 fully saturated rings. The SMILES string of the molecule is COc1ccc(CC(=O)N2C[C@@H](CO)[C@H](c3ccccn3)C2)cc1. The van der Waals surface area contributed by atoms with Crippen molar-refractivity contribution < 1.29 is 14.6 Å². The van der Waals surface area contributed by atoms with E-state index in [-0.39, 0.29) is 24.3 Å². The number of aliphatic hydroxyl groups is 1. The first-order chi connectivity index (χ1) is 11.7. The van der Waals surface area contributed by atoms with Crippen molar-refractivity contribution in [3.05, 3.63) is 59.9 Å². The van der Waals surface area contributed by atoms with Gasteiger partial charge < -0.3 is 14.7 Å². The van der Waals surface area contributed by atoms with Crippen molar-refractivity contribution >= 4 is 5.91 Å². The Morgan fingerprint density at radius 2 is 2.04 bits per heavy atom. The molecule has 126 valence electrons. The van der Waals surface area contributed by atoms with Gasteiger partial charge >= 0.3 is 0 Å². The van der Waals surface area contributed by atoms with Gasteiger partial charge in [0.1, 0.15) is 5.75 Å². The molecule has 1 N–H and O–H groups in total. The van der Waals surface area contributed by atoms with E-state index in [1.807, 2.05) is 47.4 Å². The predicted octanol–water partition coefficient (Wildman–Crippen LogP) is 1.87. The van der Waals surface area contributed by atoms with Crippen LogP contribution in [0.25, 0.3) is 0 Å². The van der Waals surface area contributed by atoms with Gasteiger partial charge in [0.05, 0.1) is 13.5 Å². The lowest BCUT2D eigenvalue weighted by atomic mass is 9.93. The van der Waals surface area contributed by atoms with E-state index in [1.165, 1.54) is 0 Å². The number of nitrogens with zero attached hydrogens (tertiary/aromatic N) is 2. The molecule has 5 heteroatoms. The van der Waals surface area contributed by atoms with Crippen LogP contribution in [-0.2, 0) is 11.2 Å². The average molecular weight is 326 g/mol. The van der Waals surface area contributed by atoms with Crippen molar-refractivity contribution in [2.24, 2.45) is 5.92 Å². The highest BCUT2D eigenvalue weighted by molar-refractivity contribution is 5.79. The molecule has 2 heterocycles. The Morgan fingerprint density at radius 1 is 1.25 bits per heavy atom. The molecule has 1 aromatic heterocycles. The Morgan fingerprint density at radius 3 is 2.67 bits per heavy atom. The zero-order valence-corrected chi connectivity index (χ0v) is 13.8. The summed E-state index contributed by atoms with van der Waals surface area (Å²) in [5.41, 5.74) is 1.90. The number of amides is 1. The minimum Gasteiger partial charge on any atom is -0.497 e. The third-order valence-electron chi connectivity index (χ3n) is 4.61. The minimum absolute atomic E-state index is 0.0414. The van der Waals surface area contributed by atoms with Crippen molar-refractivity contribution in [2.45, 2.75) is 12.3 Å². The largest absolute Gasteiger partial charge is 0.497 e. The summed E-state index contributed by atoms with van der Waals surface area (Å²) in [5.74, 6) is 0.996. The van der Waals surface area contributed by atoms with Crippen LogP contribution >= 0.6 is 0 Å². The molecule has 3 rings (SSSR count). The maximum absolute atomic E-state index is 12.6. The Hall–Kier alpha value is -2.40. The van der Waals surface area contributed by atoms with E-state index in [1.54, 1.807) is 13.3 Å². The standard InChI is InChI=1S/C19H22N2O3/c1-24-16-7-5-14(6-8-16)10-19(23)21-11-15(13-22)17(12-21)18-4-2-3-9-20-18/h2-9,15,17,22H,10-13H2,1H3/t15-,17+/m0/s1. The number of carbonyl (C=O) groups is 1. The first-order valence-electron chi connectivity index (χ1n) is 8.13. The van der Waals surface area contributed by atoms with Crippen LogP contribution in [0, 0.1) is 5.92 Å². The van der Waals surface area contributed by atoms with Gasteiger partial charge in [0.2, 0.25) is 5.91 Å². The molecule has 1 saturated heterocycles. The maximum atomic E-state index is 12.6. The Bertz CT molecular complexity index is 673. The summed E-state index contributed by atoms with van der Waals surface area (Å²) >= 11 is 0. The number of aromatic nitrogens is 1. The van der Waals surface area contributed by atoms with Crippen LogP contribution in [0.3, 0.4) is 0 Å². The molecule has 0 aliphatic carbocycles. The number of methoxy groups -OCH3 is 1. The topological polar surface area (TPSA) is 62.7 Å². The lowest BCUT2D eigenvalue weighted by molar-refractivity contribution is -0.129. The van der Waals surface area contributed by atoms with Crippen LogP contribution in [0.4, 0.5) is 0 Å². The summed E-state index contributed by atoms with van der Waals surface area (Å²) in [4.78, 5) is 18.8. The van der Waals surface area contributed by atoms with E-state index < -0.39 is 0 Å². The number of likely N-dealkylation sites (tertiary alicyclic amines) is 1. The molecule has 1 aliphatic rings. The zero-order chi connectivity index (χ0) is 16.9. The van der Waals surface area contributed by atoms with E-state index >= 15 is 0 Å². The van der Waals surface area contributed by atoms with E-state index in [4.69, 9.17) is 4.74 Å². The molecule has 2 aromatic rings. The number of pyridine rings is 1. The highest BCUT2D eigenvalue weighted by Gasteiger charge is 2.36. The first-order valence-corrected chi connectivity index (χ1v) is 8.13. The average Bonchev–Trinajstić information content (AvgIpc) is 3.08. The van der Waals surface area contributed by atoms with Crippen LogP contribution in [0.2, 0.25) is 0 Å². The van der Waals surface area contributed by atoms with Crippen molar-refractivity contribution in [2.75, 3.05) is 26.8 Å². The van der Waals surface area contributed by atoms with Crippen LogP contribution in [-0.4, -0.2) is 47.7 Å². The van der Waals surface area contributed by atoms with Gasteiger partial charge in [0.25, 0.3) is 0 Å². The molecule has 1 aromatic carbocycles. The van der Waals surface area contributed by atoms with Gasteiger partial charge in [-0.2, -0.15) is 0 Å². The summed E-state index contributed by atoms with van der Waals surface area (Å²) in [5, 5.41) is 9.67. The summed E-state index contributed by atoms with van der Waals surface area (Å²) in [6, 6.07) is 13.3. The monoisotopic (exact) mass is 326 g/mol. The van der Waals surface area contributed by atoms with Gasteiger partial charge in [-0.1, -0.05) is 18.2 Å². The van der Waals surface area contributed by atoms with Gasteiger partial charge in [-0.3, -0.25) is 9.78 Å². The third kappa shape index (κ3) is 3.57. The number of carbonyl (C=O) groups excluding carboxylic acids is 1. The van der Waals surface area contributed by atoms with Crippen LogP contribution in [0.1, 0.15) is 17.2 Å². The number of ether oxygens (including phenoxy) is 1. The lowest BCUT2D eigenvalue weighted by Crippen LogP contribution is -2.30. The normalized spacial score (nSPS) is 20.2. The van der Waals surface area contributed by atoms with E-state index in [0.29, 0.717) is 19.5 Å². The highest BCUT2D eigenvalue weighted by Crippen LogP contribution is 2.31. The molecule has 5 nitrogen and oxygen atoms in total. The fourth-order valence-electron chi connectivity index (χ4n) is 3.22. The smallest absolute Gasteiger partial charge is 0.227 e. The van der Waals surface area contributed by atoms with Crippen molar-refractivity contribution in [3.8, 4) is 5.75 Å². The third-order valence-corrected chi connectivity index (χ3v) is 4.61. The Labute approximate surface area is 141 Å². The Kier molecular flexibility index (Phi) is 5.11. The highest BCUT2D eigenvalue weighted by atomic mass is 16.5. The molecule has 2 atom stereocenters. The van der Waals surface area contributed by atoms with Crippen LogP contribution < -0.4 is 4.74 Å². The molecule has 0 saturated carbocycles. The van der Waals surface area contributed by atoms with Gasteiger partial charge in [0, 0.05) is 43.4 Å². The van der Waals surface area contributed by atoms with Gasteiger partial charge in [-0.05, 0) is 29.8 Å². The number of hydrogen-bond donors (Lipinski definition) is 1. The summed E-state index contributed by atoms with van der Waals surface area (Å²) < 4.78 is 5.14. The number of hydrogen-bond acceptors (Lipinski definition) is 4. The molecule has 24 heavy (non-hydrogen) atoms. The van der Waals surface area contributed by atoms with Crippen LogP contribution in [0.5, 0.6) is 5.75 Å². The predicted molar refractivity (Wildman–Crippen MR) is 90.8 cm³/mol. The summed E-state index contributed by atoms with van der Waals surface area (Å²) in [6.45, 7) is 1.25. The molecule has 0 radical (unpaired) electrons. The Balaban J connectivity index is 1.67. The fourth-order valence-corrected chi connectivity index (χ4v) is 3.22. The van der Waals surface area contributed by atoms with Gasteiger partial charge in [-0.15, -0.1) is 0 Å². The lowest BCUT2D eigenvalue weighted by Gasteiger charge is -2.16. The first kappa shape index (κ1) is 16.5. The fraction of sp³-hybridized carbons (Fsp3) is 0.368. The van der Waals surface area contributed by atoms with Crippen LogP contribution in [0.15, 0.2) is 48.7 Å². The second kappa shape index (κ2) is 7.45. The summed E-state index contributed by atoms with van der Waals surface area (Å²) in [6.07, 6.45) is 2.11. The quantitative estimate of drug-likeness (QED) is 0.911. The van der Waals surface area contributed by atoms with Gasteiger partial charge in [-0.25, -0.2) is 0 Å². The van der Waals surface area contributed by atoms with E-state index in [0.717, 1.165) is 17.0 Å². The maximum Gasteiger partial charge on any atom is 0.227 e. The minimum atomic E-state index is 0.0414. The molecular formula is C19H22N2O3. The van der Waals surface area contributed by atoms with Crippen molar-refractivity contribution in [1.82, 2.24) is 9.88 Å². The second-order valence-electron chi connectivity index (χ2n) is 6.13. The van der Waals surface area contributed by atoms with Crippen molar-refractivity contribution in [3.63, 3.8) is 0 Å². The zero-order valence-electron chi connectivity index (χ0n) is 13.8. The molecule has 1 aliphatic heterocycles. The molecule has 0 unspecified atom stereocenters. The molecule has 0 spiro atoms. The molecular weight excluding hydrogens is 304 g/mol. The number of rotatable bonds is 5. The summed E-state index contributed by atoms with van der Waals surface area (Å²) in [7, 11) is 1.62. The molecule has 0 bridgehead atoms. The van der Waals surface area contributed by atoms with E-state index in [2.05, 4.69) is 4.98 Å². The van der Waals surface area contributed by atoms with Crippen molar-refractivity contribution in [1.29, 1.82) is 0 Å². The molecule has 1 amide bonds.